The van der Waals surface area contributed by atoms with Crippen molar-refractivity contribution < 1.29 is 9.59 Å². The minimum Gasteiger partial charge on any atom is -0.341 e. The van der Waals surface area contributed by atoms with Crippen molar-refractivity contribution in [2.75, 3.05) is 23.0 Å². The lowest BCUT2D eigenvalue weighted by Gasteiger charge is -2.31. The highest BCUT2D eigenvalue weighted by molar-refractivity contribution is 5.97. The average Bonchev–Trinajstić information content (AvgIpc) is 3.28. The molecule has 4 rings (SSSR count). The number of nitrogens with zero attached hydrogens (tertiary/aromatic N) is 6. The summed E-state index contributed by atoms with van der Waals surface area (Å²) in [5.41, 5.74) is 7.03. The Hall–Kier alpha value is -4.03. The van der Waals surface area contributed by atoms with Crippen LogP contribution in [0.2, 0.25) is 0 Å². The first-order valence-corrected chi connectivity index (χ1v) is 12.1. The van der Waals surface area contributed by atoms with E-state index < -0.39 is 23.6 Å². The molecule has 1 saturated heterocycles. The molecule has 12 nitrogen and oxygen atoms in total. The van der Waals surface area contributed by atoms with E-state index in [0.29, 0.717) is 31.1 Å². The molecule has 1 amide bonds. The summed E-state index contributed by atoms with van der Waals surface area (Å²) in [5.74, 6) is 5.70. The molecule has 0 spiro atoms. The van der Waals surface area contributed by atoms with Gasteiger partial charge in [-0.2, -0.15) is 4.98 Å². The lowest BCUT2D eigenvalue weighted by Crippen LogP contribution is -2.44. The van der Waals surface area contributed by atoms with E-state index in [0.717, 1.165) is 34.5 Å². The fourth-order valence-corrected chi connectivity index (χ4v) is 4.52. The van der Waals surface area contributed by atoms with Gasteiger partial charge in [0.15, 0.2) is 16.9 Å². The largest absolute Gasteiger partial charge is 0.341 e. The second-order valence-corrected chi connectivity index (χ2v) is 9.54. The van der Waals surface area contributed by atoms with E-state index >= 15 is 0 Å². The Morgan fingerprint density at radius 3 is 2.68 bits per heavy atom. The van der Waals surface area contributed by atoms with Crippen LogP contribution in [-0.2, 0) is 24.9 Å². The Bertz CT molecular complexity index is 1490. The van der Waals surface area contributed by atoms with Gasteiger partial charge in [-0.1, -0.05) is 23.8 Å². The number of hydrazine groups is 1. The zero-order valence-electron chi connectivity index (χ0n) is 21.3. The molecule has 2 aromatic heterocycles. The van der Waals surface area contributed by atoms with Crippen LogP contribution >= 0.6 is 0 Å². The minimum absolute atomic E-state index is 0.0111. The molecular weight excluding hydrogens is 476 g/mol. The van der Waals surface area contributed by atoms with Crippen LogP contribution in [0, 0.1) is 0 Å². The number of benzene rings is 1. The van der Waals surface area contributed by atoms with Gasteiger partial charge in [0.2, 0.25) is 12.4 Å². The van der Waals surface area contributed by atoms with E-state index in [2.05, 4.69) is 0 Å². The van der Waals surface area contributed by atoms with Gasteiger partial charge >= 0.3 is 5.69 Å². The number of amides is 1. The summed E-state index contributed by atoms with van der Waals surface area (Å²) in [6.07, 6.45) is 4.20. The fraction of sp³-hybridized carbons (Fsp3) is 0.400. The maximum absolute atomic E-state index is 13.7. The Labute approximate surface area is 213 Å². The second-order valence-electron chi connectivity index (χ2n) is 9.54. The van der Waals surface area contributed by atoms with E-state index in [1.165, 1.54) is 23.7 Å². The number of imidazole rings is 1. The number of hydrogen-bond acceptors (Lipinski definition) is 8. The topological polar surface area (TPSA) is 154 Å². The zero-order chi connectivity index (χ0) is 26.9. The van der Waals surface area contributed by atoms with Crippen molar-refractivity contribution in [2.45, 2.75) is 45.8 Å². The fourth-order valence-electron chi connectivity index (χ4n) is 4.52. The van der Waals surface area contributed by atoms with Gasteiger partial charge in [-0.05, 0) is 38.8 Å². The van der Waals surface area contributed by atoms with Crippen LogP contribution in [0.5, 0.6) is 0 Å². The lowest BCUT2D eigenvalue weighted by molar-refractivity contribution is -0.107. The van der Waals surface area contributed by atoms with Crippen LogP contribution in [-0.4, -0.2) is 50.0 Å². The monoisotopic (exact) mass is 508 g/mol. The summed E-state index contributed by atoms with van der Waals surface area (Å²) in [4.78, 5) is 57.8. The van der Waals surface area contributed by atoms with Crippen LogP contribution in [0.25, 0.3) is 11.2 Å². The van der Waals surface area contributed by atoms with Crippen molar-refractivity contribution in [3.05, 3.63) is 62.3 Å². The molecule has 0 saturated carbocycles. The Kier molecular flexibility index (Phi) is 7.41. The summed E-state index contributed by atoms with van der Waals surface area (Å²) >= 11 is 0. The van der Waals surface area contributed by atoms with Crippen molar-refractivity contribution in [1.29, 1.82) is 0 Å². The minimum atomic E-state index is -0.649. The van der Waals surface area contributed by atoms with Gasteiger partial charge < -0.3 is 15.2 Å². The number of carbonyl (C=O) groups is 2. The first-order chi connectivity index (χ1) is 17.6. The number of anilines is 2. The number of ketones is 1. The SMILES string of the molecule is CC(C)=CCn1c(N2CCCC(N)C2)nc2c1c(=O)n(CC(=O)c1cccc(N(N)C=O)c1)c(=O)n2C. The van der Waals surface area contributed by atoms with Crippen LogP contribution in [0.15, 0.2) is 45.5 Å². The van der Waals surface area contributed by atoms with Gasteiger partial charge in [0.25, 0.3) is 5.56 Å². The molecule has 12 heteroatoms. The number of hydrogen-bond donors (Lipinski definition) is 2. The highest BCUT2D eigenvalue weighted by Gasteiger charge is 2.26. The van der Waals surface area contributed by atoms with Crippen LogP contribution in [0.1, 0.15) is 37.0 Å². The van der Waals surface area contributed by atoms with Crippen LogP contribution in [0.3, 0.4) is 0 Å². The molecule has 3 heterocycles. The first-order valence-electron chi connectivity index (χ1n) is 12.1. The van der Waals surface area contributed by atoms with Gasteiger partial charge in [0.05, 0.1) is 12.2 Å². The summed E-state index contributed by atoms with van der Waals surface area (Å²) in [6.45, 7) is 5.15. The van der Waals surface area contributed by atoms with Crippen molar-refractivity contribution in [3.8, 4) is 0 Å². The molecule has 3 aromatic rings. The Balaban J connectivity index is 1.84. The average molecular weight is 509 g/mol. The van der Waals surface area contributed by atoms with E-state index in [1.807, 2.05) is 24.8 Å². The summed E-state index contributed by atoms with van der Waals surface area (Å²) in [6, 6.07) is 6.10. The molecule has 1 aromatic carbocycles. The smallest absolute Gasteiger partial charge is 0.332 e. The Morgan fingerprint density at radius 1 is 1.24 bits per heavy atom. The molecule has 1 unspecified atom stereocenters. The highest BCUT2D eigenvalue weighted by Crippen LogP contribution is 2.23. The van der Waals surface area contributed by atoms with Crippen LogP contribution < -0.4 is 32.7 Å². The van der Waals surface area contributed by atoms with Gasteiger partial charge in [-0.25, -0.2) is 10.6 Å². The van der Waals surface area contributed by atoms with Gasteiger partial charge in [-0.15, -0.1) is 0 Å². The molecule has 1 fully saturated rings. The maximum atomic E-state index is 13.7. The summed E-state index contributed by atoms with van der Waals surface area (Å²) < 4.78 is 4.00. The lowest BCUT2D eigenvalue weighted by atomic mass is 10.1. The van der Waals surface area contributed by atoms with E-state index in [1.54, 1.807) is 16.7 Å². The molecular formula is C25H32N8O4. The van der Waals surface area contributed by atoms with Gasteiger partial charge in [0, 0.05) is 38.3 Å². The normalized spacial score (nSPS) is 15.6. The number of aromatic nitrogens is 4. The molecule has 1 aliphatic rings. The maximum Gasteiger partial charge on any atom is 0.332 e. The number of fused-ring (bicyclic) bond motifs is 1. The van der Waals surface area contributed by atoms with E-state index in [9.17, 15) is 19.2 Å². The third-order valence-electron chi connectivity index (χ3n) is 6.52. The molecule has 1 aliphatic heterocycles. The second kappa shape index (κ2) is 10.5. The first kappa shape index (κ1) is 26.0. The quantitative estimate of drug-likeness (QED) is 0.111. The number of rotatable bonds is 8. The van der Waals surface area contributed by atoms with Gasteiger partial charge in [-0.3, -0.25) is 28.5 Å². The molecule has 4 N–H and O–H groups in total. The van der Waals surface area contributed by atoms with Crippen molar-refractivity contribution in [1.82, 2.24) is 18.7 Å². The van der Waals surface area contributed by atoms with Crippen molar-refractivity contribution >= 4 is 35.0 Å². The van der Waals surface area contributed by atoms with Crippen LogP contribution in [0.4, 0.5) is 11.6 Å². The number of nitrogens with two attached hydrogens (primary N) is 2. The zero-order valence-corrected chi connectivity index (χ0v) is 21.3. The Morgan fingerprint density at radius 2 is 2.00 bits per heavy atom. The predicted molar refractivity (Wildman–Crippen MR) is 142 cm³/mol. The van der Waals surface area contributed by atoms with Crippen molar-refractivity contribution in [3.63, 3.8) is 0 Å². The molecule has 0 radical (unpaired) electrons. The molecule has 0 bridgehead atoms. The number of carbonyl (C=O) groups excluding carboxylic acids is 2. The predicted octanol–water partition coefficient (Wildman–Crippen LogP) is 0.510. The molecule has 1 atom stereocenters. The number of aryl methyl sites for hydroxylation is 1. The van der Waals surface area contributed by atoms with E-state index in [-0.39, 0.29) is 22.8 Å². The number of allylic oxidation sites excluding steroid dienone is 2. The molecule has 37 heavy (non-hydrogen) atoms. The van der Waals surface area contributed by atoms with E-state index in [4.69, 9.17) is 16.6 Å². The summed E-state index contributed by atoms with van der Waals surface area (Å²) in [7, 11) is 1.53. The third kappa shape index (κ3) is 5.11. The van der Waals surface area contributed by atoms with Crippen molar-refractivity contribution in [2.24, 2.45) is 18.6 Å². The number of piperidine rings is 1. The molecule has 196 valence electrons. The van der Waals surface area contributed by atoms with Gasteiger partial charge in [0.1, 0.15) is 0 Å². The highest BCUT2D eigenvalue weighted by atomic mass is 16.2. The third-order valence-corrected chi connectivity index (χ3v) is 6.52. The molecule has 0 aliphatic carbocycles. The summed E-state index contributed by atoms with van der Waals surface area (Å²) in [5, 5.41) is 0.837. The standard InChI is InChI=1S/C25H32N8O4/c1-16(2)9-11-31-21-22(28-24(31)30-10-5-7-18(26)13-30)29(3)25(37)32(23(21)36)14-20(35)17-6-4-8-19(12-17)33(27)15-34/h4,6,8-9,12,15,18H,5,7,10-11,13-14,26-27H2,1-3H3. The number of Topliss-reactive ketones (excluding diaryl/α,β-unsaturated/α-hetero) is 1.